The summed E-state index contributed by atoms with van der Waals surface area (Å²) in [5.41, 5.74) is 3.73. The first-order valence-corrected chi connectivity index (χ1v) is 8.79. The Bertz CT molecular complexity index is 868. The zero-order valence-corrected chi connectivity index (χ0v) is 14.3. The monoisotopic (exact) mass is 352 g/mol. The van der Waals surface area contributed by atoms with Crippen molar-refractivity contribution in [1.29, 1.82) is 0 Å². The fraction of sp³-hybridized carbons (Fsp3) is 0.316. The number of non-ortho nitro benzene ring substituents is 1. The van der Waals surface area contributed by atoms with Gasteiger partial charge < -0.3 is 10.6 Å². The summed E-state index contributed by atoms with van der Waals surface area (Å²) in [7, 11) is 0. The molecular formula is C19H20N4O3. The molecule has 2 heterocycles. The Kier molecular flexibility index (Phi) is 4.30. The molecule has 26 heavy (non-hydrogen) atoms. The third-order valence-corrected chi connectivity index (χ3v) is 5.11. The van der Waals surface area contributed by atoms with Crippen LogP contribution in [-0.4, -0.2) is 28.9 Å². The molecule has 2 N–H and O–H groups in total. The molecule has 0 aliphatic carbocycles. The van der Waals surface area contributed by atoms with Gasteiger partial charge in [0.25, 0.3) is 5.69 Å². The molecule has 7 nitrogen and oxygen atoms in total. The molecule has 7 heteroatoms. The molecule has 1 saturated heterocycles. The fourth-order valence-electron chi connectivity index (χ4n) is 3.93. The Morgan fingerprint density at radius 2 is 1.92 bits per heavy atom. The number of hydrogen-bond acceptors (Lipinski definition) is 4. The van der Waals surface area contributed by atoms with Crippen LogP contribution in [0.4, 0.5) is 21.9 Å². The molecule has 0 spiro atoms. The molecule has 0 bridgehead atoms. The quantitative estimate of drug-likeness (QED) is 0.647. The number of rotatable bonds is 3. The topological polar surface area (TPSA) is 87.5 Å². The van der Waals surface area contributed by atoms with Crippen molar-refractivity contribution in [3.8, 4) is 0 Å². The maximum Gasteiger partial charge on any atom is 0.323 e. The molecule has 2 aromatic carbocycles. The number of carbonyl (C=O) groups is 1. The van der Waals surface area contributed by atoms with Crippen molar-refractivity contribution in [2.24, 2.45) is 0 Å². The molecule has 0 aromatic heterocycles. The highest BCUT2D eigenvalue weighted by Crippen LogP contribution is 2.38. The van der Waals surface area contributed by atoms with E-state index in [-0.39, 0.29) is 5.69 Å². The van der Waals surface area contributed by atoms with Crippen LogP contribution in [0, 0.1) is 10.1 Å². The number of benzene rings is 2. The van der Waals surface area contributed by atoms with Gasteiger partial charge in [-0.1, -0.05) is 12.1 Å². The first-order chi connectivity index (χ1) is 12.6. The summed E-state index contributed by atoms with van der Waals surface area (Å²) in [5, 5.41) is 16.3. The number of nitrogens with zero attached hydrogens (tertiary/aromatic N) is 2. The maximum atomic E-state index is 12.2. The molecule has 2 aliphatic rings. The van der Waals surface area contributed by atoms with Gasteiger partial charge in [-0.25, -0.2) is 4.79 Å². The summed E-state index contributed by atoms with van der Waals surface area (Å²) in [6.07, 6.45) is 3.44. The normalized spacial score (nSPS) is 18.7. The van der Waals surface area contributed by atoms with Crippen molar-refractivity contribution in [1.82, 2.24) is 4.90 Å². The summed E-state index contributed by atoms with van der Waals surface area (Å²) in [4.78, 5) is 25.1. The molecule has 2 aliphatic heterocycles. The minimum atomic E-state index is -0.487. The molecule has 134 valence electrons. The molecule has 1 fully saturated rings. The molecule has 1 atom stereocenters. The number of anilines is 2. The molecule has 2 aromatic rings. The van der Waals surface area contributed by atoms with Crippen LogP contribution < -0.4 is 10.6 Å². The van der Waals surface area contributed by atoms with E-state index in [0.29, 0.717) is 11.7 Å². The lowest BCUT2D eigenvalue weighted by Gasteiger charge is -2.32. The van der Waals surface area contributed by atoms with E-state index in [2.05, 4.69) is 21.6 Å². The number of urea groups is 1. The Labute approximate surface area is 151 Å². The van der Waals surface area contributed by atoms with Gasteiger partial charge >= 0.3 is 6.03 Å². The smallest absolute Gasteiger partial charge is 0.308 e. The summed E-state index contributed by atoms with van der Waals surface area (Å²) in [5.74, 6) is 0. The van der Waals surface area contributed by atoms with Gasteiger partial charge in [-0.15, -0.1) is 0 Å². The largest absolute Gasteiger partial charge is 0.323 e. The molecule has 4 rings (SSSR count). The van der Waals surface area contributed by atoms with E-state index in [0.717, 1.165) is 18.7 Å². The van der Waals surface area contributed by atoms with E-state index in [1.807, 2.05) is 12.1 Å². The highest BCUT2D eigenvalue weighted by molar-refractivity contribution is 6.00. The lowest BCUT2D eigenvalue weighted by atomic mass is 9.92. The predicted octanol–water partition coefficient (Wildman–Crippen LogP) is 3.93. The summed E-state index contributed by atoms with van der Waals surface area (Å²) in [6, 6.07) is 12.1. The Hall–Kier alpha value is -2.93. The minimum Gasteiger partial charge on any atom is -0.308 e. The van der Waals surface area contributed by atoms with Crippen molar-refractivity contribution in [2.75, 3.05) is 23.7 Å². The second kappa shape index (κ2) is 6.76. The Balaban J connectivity index is 1.45. The fourth-order valence-corrected chi connectivity index (χ4v) is 3.93. The molecule has 1 unspecified atom stereocenters. The number of nitro benzene ring substituents is 1. The predicted molar refractivity (Wildman–Crippen MR) is 99.4 cm³/mol. The average molecular weight is 352 g/mol. The van der Waals surface area contributed by atoms with Crippen LogP contribution in [0.15, 0.2) is 42.5 Å². The van der Waals surface area contributed by atoms with Crippen LogP contribution >= 0.6 is 0 Å². The molecule has 2 amide bonds. The van der Waals surface area contributed by atoms with E-state index in [9.17, 15) is 14.9 Å². The van der Waals surface area contributed by atoms with Crippen LogP contribution in [0.1, 0.15) is 30.0 Å². The zero-order chi connectivity index (χ0) is 18.1. The van der Waals surface area contributed by atoms with E-state index in [1.165, 1.54) is 42.6 Å². The number of carbonyl (C=O) groups excluding carboxylic acids is 1. The van der Waals surface area contributed by atoms with Gasteiger partial charge in [0.2, 0.25) is 0 Å². The number of amides is 2. The van der Waals surface area contributed by atoms with E-state index >= 15 is 0 Å². The minimum absolute atomic E-state index is 0.0577. The number of hydrogen-bond donors (Lipinski definition) is 2. The molecule has 0 saturated carbocycles. The van der Waals surface area contributed by atoms with Crippen molar-refractivity contribution >= 4 is 23.1 Å². The summed E-state index contributed by atoms with van der Waals surface area (Å²) in [6.45, 7) is 2.25. The van der Waals surface area contributed by atoms with Crippen LogP contribution in [0.2, 0.25) is 0 Å². The van der Waals surface area contributed by atoms with Gasteiger partial charge in [-0.3, -0.25) is 15.0 Å². The lowest BCUT2D eigenvalue weighted by molar-refractivity contribution is -0.384. The van der Waals surface area contributed by atoms with Crippen LogP contribution in [0.5, 0.6) is 0 Å². The highest BCUT2D eigenvalue weighted by atomic mass is 16.6. The first-order valence-electron chi connectivity index (χ1n) is 8.79. The highest BCUT2D eigenvalue weighted by Gasteiger charge is 2.30. The molecular weight excluding hydrogens is 332 g/mol. The van der Waals surface area contributed by atoms with Crippen molar-refractivity contribution < 1.29 is 9.72 Å². The Morgan fingerprint density at radius 1 is 1.12 bits per heavy atom. The van der Waals surface area contributed by atoms with E-state index in [1.54, 1.807) is 12.1 Å². The van der Waals surface area contributed by atoms with Crippen LogP contribution in [-0.2, 0) is 6.42 Å². The Morgan fingerprint density at radius 3 is 2.73 bits per heavy atom. The van der Waals surface area contributed by atoms with Gasteiger partial charge in [-0.2, -0.15) is 0 Å². The second-order valence-electron chi connectivity index (χ2n) is 6.74. The van der Waals surface area contributed by atoms with Crippen molar-refractivity contribution in [2.45, 2.75) is 25.3 Å². The summed E-state index contributed by atoms with van der Waals surface area (Å²) >= 11 is 0. The molecule has 0 radical (unpaired) electrons. The lowest BCUT2D eigenvalue weighted by Crippen LogP contribution is -2.31. The summed E-state index contributed by atoms with van der Waals surface area (Å²) < 4.78 is 0. The maximum absolute atomic E-state index is 12.2. The van der Waals surface area contributed by atoms with Gasteiger partial charge in [0, 0.05) is 36.1 Å². The third kappa shape index (κ3) is 3.25. The average Bonchev–Trinajstić information content (AvgIpc) is 3.10. The van der Waals surface area contributed by atoms with Crippen LogP contribution in [0.3, 0.4) is 0 Å². The van der Waals surface area contributed by atoms with E-state index < -0.39 is 11.0 Å². The van der Waals surface area contributed by atoms with Crippen LogP contribution in [0.25, 0.3) is 0 Å². The third-order valence-electron chi connectivity index (χ3n) is 5.11. The number of nitro groups is 1. The number of nitrogens with one attached hydrogen (secondary N) is 2. The zero-order valence-electron chi connectivity index (χ0n) is 14.3. The second-order valence-corrected chi connectivity index (χ2v) is 6.74. The van der Waals surface area contributed by atoms with Gasteiger partial charge in [0.15, 0.2) is 0 Å². The SMILES string of the molecule is O=C(Nc1cccc([N+](=O)[O-])c1)Nc1ccc2c(c1)CCN1CCCC21. The van der Waals surface area contributed by atoms with Crippen molar-refractivity contribution in [3.05, 3.63) is 63.7 Å². The van der Waals surface area contributed by atoms with E-state index in [4.69, 9.17) is 0 Å². The van der Waals surface area contributed by atoms with Gasteiger partial charge in [-0.05, 0) is 55.1 Å². The van der Waals surface area contributed by atoms with Gasteiger partial charge in [0.05, 0.1) is 4.92 Å². The standard InChI is InChI=1S/C19H20N4O3/c24-19(20-14-3-1-4-16(12-14)23(25)26)21-15-6-7-17-13(11-15)8-10-22-9-2-5-18(17)22/h1,3-4,6-7,11-12,18H,2,5,8-10H2,(H2,20,21,24). The van der Waals surface area contributed by atoms with Gasteiger partial charge in [0.1, 0.15) is 0 Å². The van der Waals surface area contributed by atoms with Crippen molar-refractivity contribution in [3.63, 3.8) is 0 Å². The first kappa shape index (κ1) is 16.5. The number of fused-ring (bicyclic) bond motifs is 3.